The molecule has 3 aromatic rings. The maximum atomic E-state index is 12.8. The summed E-state index contributed by atoms with van der Waals surface area (Å²) < 4.78 is 15.9. The molecule has 1 amide bonds. The fraction of sp³-hybridized carbons (Fsp3) is 0.130. The van der Waals surface area contributed by atoms with Crippen LogP contribution >= 0.6 is 0 Å². The van der Waals surface area contributed by atoms with Gasteiger partial charge < -0.3 is 19.5 Å². The number of hydrogen-bond donors (Lipinski definition) is 1. The number of ketones is 1. The number of carbonyl (C=O) groups is 2. The normalized spacial score (nSPS) is 10.1. The van der Waals surface area contributed by atoms with Crippen molar-refractivity contribution in [3.05, 3.63) is 83.9 Å². The van der Waals surface area contributed by atoms with Crippen LogP contribution in [0.4, 0.5) is 5.69 Å². The van der Waals surface area contributed by atoms with Crippen LogP contribution in [-0.2, 0) is 4.79 Å². The minimum atomic E-state index is -0.389. The number of benzene rings is 3. The second-order valence-corrected chi connectivity index (χ2v) is 6.13. The van der Waals surface area contributed by atoms with Crippen molar-refractivity contribution in [3.63, 3.8) is 0 Å². The Balaban J connectivity index is 1.70. The lowest BCUT2D eigenvalue weighted by atomic mass is 10.0. The van der Waals surface area contributed by atoms with Gasteiger partial charge in [0.25, 0.3) is 5.91 Å². The Kier molecular flexibility index (Phi) is 6.47. The van der Waals surface area contributed by atoms with E-state index in [2.05, 4.69) is 5.32 Å². The van der Waals surface area contributed by atoms with Gasteiger partial charge in [-0.3, -0.25) is 9.59 Å². The molecule has 1 N–H and O–H groups in total. The first-order valence-electron chi connectivity index (χ1n) is 8.95. The van der Waals surface area contributed by atoms with Gasteiger partial charge >= 0.3 is 0 Å². The molecule has 6 heteroatoms. The zero-order valence-electron chi connectivity index (χ0n) is 16.2. The van der Waals surface area contributed by atoms with Gasteiger partial charge in [0.15, 0.2) is 12.4 Å². The van der Waals surface area contributed by atoms with Gasteiger partial charge in [-0.2, -0.15) is 0 Å². The van der Waals surface area contributed by atoms with Crippen molar-refractivity contribution in [1.82, 2.24) is 0 Å². The Hall–Kier alpha value is -3.80. The van der Waals surface area contributed by atoms with E-state index in [1.165, 1.54) is 14.2 Å². The van der Waals surface area contributed by atoms with Crippen molar-refractivity contribution in [2.45, 2.75) is 0 Å². The van der Waals surface area contributed by atoms with E-state index in [0.717, 1.165) is 0 Å². The highest BCUT2D eigenvalue weighted by molar-refractivity contribution is 6.13. The van der Waals surface area contributed by atoms with E-state index in [1.54, 1.807) is 66.7 Å². The number of ether oxygens (including phenoxy) is 3. The first kappa shape index (κ1) is 19.9. The highest BCUT2D eigenvalue weighted by Gasteiger charge is 2.15. The summed E-state index contributed by atoms with van der Waals surface area (Å²) in [5.41, 5.74) is 1.39. The van der Waals surface area contributed by atoms with Gasteiger partial charge in [-0.05, 0) is 12.1 Å². The molecule has 0 saturated heterocycles. The number of amides is 1. The summed E-state index contributed by atoms with van der Waals surface area (Å²) in [4.78, 5) is 25.2. The predicted molar refractivity (Wildman–Crippen MR) is 110 cm³/mol. The summed E-state index contributed by atoms with van der Waals surface area (Å²) in [7, 11) is 3.07. The molecule has 0 aliphatic rings. The first-order chi connectivity index (χ1) is 14.1. The average molecular weight is 391 g/mol. The van der Waals surface area contributed by atoms with Crippen molar-refractivity contribution in [2.75, 3.05) is 26.1 Å². The zero-order chi connectivity index (χ0) is 20.6. The lowest BCUT2D eigenvalue weighted by Gasteiger charge is -2.12. The number of carbonyl (C=O) groups excluding carboxylic acids is 2. The third-order valence-corrected chi connectivity index (χ3v) is 4.18. The highest BCUT2D eigenvalue weighted by Crippen LogP contribution is 2.27. The predicted octanol–water partition coefficient (Wildman–Crippen LogP) is 3.95. The van der Waals surface area contributed by atoms with E-state index in [4.69, 9.17) is 14.2 Å². The minimum Gasteiger partial charge on any atom is -0.496 e. The van der Waals surface area contributed by atoms with E-state index in [1.807, 2.05) is 6.07 Å². The first-order valence-corrected chi connectivity index (χ1v) is 8.95. The molecule has 0 fully saturated rings. The Labute approximate surface area is 169 Å². The van der Waals surface area contributed by atoms with E-state index in [0.29, 0.717) is 34.1 Å². The number of methoxy groups -OCH3 is 2. The average Bonchev–Trinajstić information content (AvgIpc) is 2.78. The third kappa shape index (κ3) is 5.13. The Morgan fingerprint density at radius 1 is 0.793 bits per heavy atom. The topological polar surface area (TPSA) is 73.9 Å². The standard InChI is InChI=1S/C23H21NO5/c1-27-17-12-18(28-2)14-19(13-17)29-15-22(25)24-21-11-7-6-10-20(21)23(26)16-8-4-3-5-9-16/h3-14H,15H2,1-2H3,(H,24,25). The summed E-state index contributed by atoms with van der Waals surface area (Å²) in [6.07, 6.45) is 0. The molecule has 6 nitrogen and oxygen atoms in total. The third-order valence-electron chi connectivity index (χ3n) is 4.18. The van der Waals surface area contributed by atoms with Crippen molar-refractivity contribution in [1.29, 1.82) is 0 Å². The molecule has 0 bridgehead atoms. The van der Waals surface area contributed by atoms with Crippen LogP contribution in [0.3, 0.4) is 0 Å². The summed E-state index contributed by atoms with van der Waals surface area (Å²) >= 11 is 0. The number of hydrogen-bond acceptors (Lipinski definition) is 5. The lowest BCUT2D eigenvalue weighted by molar-refractivity contribution is -0.118. The minimum absolute atomic E-state index is 0.167. The lowest BCUT2D eigenvalue weighted by Crippen LogP contribution is -2.21. The Morgan fingerprint density at radius 2 is 1.38 bits per heavy atom. The molecular weight excluding hydrogens is 370 g/mol. The second-order valence-electron chi connectivity index (χ2n) is 6.13. The molecule has 0 aliphatic carbocycles. The SMILES string of the molecule is COc1cc(OC)cc(OCC(=O)Nc2ccccc2C(=O)c2ccccc2)c1. The van der Waals surface area contributed by atoms with Gasteiger partial charge in [0.05, 0.1) is 19.9 Å². The van der Waals surface area contributed by atoms with Crippen LogP contribution < -0.4 is 19.5 Å². The second kappa shape index (κ2) is 9.41. The van der Waals surface area contributed by atoms with E-state index >= 15 is 0 Å². The van der Waals surface area contributed by atoms with E-state index in [-0.39, 0.29) is 18.3 Å². The van der Waals surface area contributed by atoms with Crippen LogP contribution in [0.25, 0.3) is 0 Å². The van der Waals surface area contributed by atoms with Crippen molar-refractivity contribution < 1.29 is 23.8 Å². The van der Waals surface area contributed by atoms with Crippen LogP contribution in [-0.4, -0.2) is 32.5 Å². The number of nitrogens with one attached hydrogen (secondary N) is 1. The van der Waals surface area contributed by atoms with E-state index < -0.39 is 0 Å². The van der Waals surface area contributed by atoms with Gasteiger partial charge in [-0.1, -0.05) is 42.5 Å². The number of anilines is 1. The van der Waals surface area contributed by atoms with Crippen LogP contribution in [0.2, 0.25) is 0 Å². The highest BCUT2D eigenvalue weighted by atomic mass is 16.5. The van der Waals surface area contributed by atoms with Crippen molar-refractivity contribution in [2.24, 2.45) is 0 Å². The Morgan fingerprint density at radius 3 is 2.03 bits per heavy atom. The molecule has 0 saturated carbocycles. The summed E-state index contributed by atoms with van der Waals surface area (Å²) in [5, 5.41) is 2.74. The molecule has 0 spiro atoms. The molecule has 0 aliphatic heterocycles. The molecule has 29 heavy (non-hydrogen) atoms. The zero-order valence-corrected chi connectivity index (χ0v) is 16.2. The largest absolute Gasteiger partial charge is 0.496 e. The molecular formula is C23H21NO5. The summed E-state index contributed by atoms with van der Waals surface area (Å²) in [6.45, 7) is -0.232. The van der Waals surface area contributed by atoms with Crippen LogP contribution in [0.5, 0.6) is 17.2 Å². The van der Waals surface area contributed by atoms with Gasteiger partial charge in [-0.25, -0.2) is 0 Å². The molecule has 3 aromatic carbocycles. The molecule has 0 aromatic heterocycles. The maximum Gasteiger partial charge on any atom is 0.262 e. The number of para-hydroxylation sites is 1. The van der Waals surface area contributed by atoms with Crippen LogP contribution in [0.15, 0.2) is 72.8 Å². The van der Waals surface area contributed by atoms with Crippen molar-refractivity contribution >= 4 is 17.4 Å². The van der Waals surface area contributed by atoms with Gasteiger partial charge in [-0.15, -0.1) is 0 Å². The molecule has 0 radical (unpaired) electrons. The molecule has 3 rings (SSSR count). The maximum absolute atomic E-state index is 12.8. The van der Waals surface area contributed by atoms with Gasteiger partial charge in [0.1, 0.15) is 17.2 Å². The van der Waals surface area contributed by atoms with Crippen LogP contribution in [0, 0.1) is 0 Å². The molecule has 0 heterocycles. The van der Waals surface area contributed by atoms with Crippen molar-refractivity contribution in [3.8, 4) is 17.2 Å². The molecule has 148 valence electrons. The molecule has 0 unspecified atom stereocenters. The smallest absolute Gasteiger partial charge is 0.262 e. The fourth-order valence-corrected chi connectivity index (χ4v) is 2.73. The van der Waals surface area contributed by atoms with Gasteiger partial charge in [0, 0.05) is 29.3 Å². The Bertz CT molecular complexity index is 979. The summed E-state index contributed by atoms with van der Waals surface area (Å²) in [5.74, 6) is 0.988. The quantitative estimate of drug-likeness (QED) is 0.589. The fourth-order valence-electron chi connectivity index (χ4n) is 2.73. The molecule has 0 atom stereocenters. The van der Waals surface area contributed by atoms with E-state index in [9.17, 15) is 9.59 Å². The van der Waals surface area contributed by atoms with Gasteiger partial charge in [0.2, 0.25) is 0 Å². The monoisotopic (exact) mass is 391 g/mol. The number of rotatable bonds is 8. The summed E-state index contributed by atoms with van der Waals surface area (Å²) in [6, 6.07) is 20.8. The van der Waals surface area contributed by atoms with Crippen LogP contribution in [0.1, 0.15) is 15.9 Å².